The number of benzene rings is 1. The van der Waals surface area contributed by atoms with Crippen LogP contribution in [-0.4, -0.2) is 43.7 Å². The number of hydrogen-bond acceptors (Lipinski definition) is 5. The first-order valence-electron chi connectivity index (χ1n) is 10.9. The highest BCUT2D eigenvalue weighted by Crippen LogP contribution is 2.31. The minimum absolute atomic E-state index is 0.1000. The number of likely N-dealkylation sites (tertiary alicyclic amines) is 1. The minimum atomic E-state index is -0.253. The van der Waals surface area contributed by atoms with Crippen LogP contribution in [0.15, 0.2) is 53.6 Å². The van der Waals surface area contributed by atoms with Crippen LogP contribution in [0.4, 0.5) is 4.39 Å². The molecule has 0 aliphatic carbocycles. The Bertz CT molecular complexity index is 1200. The van der Waals surface area contributed by atoms with Crippen LogP contribution in [0.1, 0.15) is 51.9 Å². The van der Waals surface area contributed by atoms with Gasteiger partial charge in [-0.25, -0.2) is 9.37 Å². The molecule has 3 aromatic rings. The van der Waals surface area contributed by atoms with Gasteiger partial charge >= 0.3 is 0 Å². The van der Waals surface area contributed by atoms with Crippen LogP contribution >= 0.6 is 0 Å². The van der Waals surface area contributed by atoms with Crippen molar-refractivity contribution in [2.75, 3.05) is 13.1 Å². The lowest BCUT2D eigenvalue weighted by Crippen LogP contribution is -2.38. The van der Waals surface area contributed by atoms with Crippen LogP contribution < -0.4 is 5.56 Å². The summed E-state index contributed by atoms with van der Waals surface area (Å²) in [6.45, 7) is 2.19. The van der Waals surface area contributed by atoms with E-state index in [-0.39, 0.29) is 23.3 Å². The molecule has 0 saturated carbocycles. The van der Waals surface area contributed by atoms with Crippen molar-refractivity contribution in [1.29, 1.82) is 0 Å². The molecule has 4 heterocycles. The third kappa shape index (κ3) is 3.93. The first-order chi connectivity index (χ1) is 15.6. The Balaban J connectivity index is 1.37. The summed E-state index contributed by atoms with van der Waals surface area (Å²) in [5.74, 6) is 0.211. The number of hydrogen-bond donors (Lipinski definition) is 1. The van der Waals surface area contributed by atoms with Gasteiger partial charge in [-0.05, 0) is 31.0 Å². The molecule has 1 atom stereocenters. The van der Waals surface area contributed by atoms with Gasteiger partial charge in [0.25, 0.3) is 11.5 Å². The topological polar surface area (TPSA) is 82.2 Å². The highest BCUT2D eigenvalue weighted by atomic mass is 19.1. The predicted molar refractivity (Wildman–Crippen MR) is 116 cm³/mol. The second-order valence-electron chi connectivity index (χ2n) is 8.33. The standard InChI is InChI=1S/C24H24FN5O2/c25-19-7-2-1-5-17(19)14-29-12-9-20-18(15-29)23(31)28-22(27-20)21-8-4-11-30(21)24(32)16-6-3-10-26-13-16/h1-3,5-7,10,13,21H,4,8-9,11-12,14-15H2,(H,27,28,31)/t21-/m1/s1. The number of halogens is 1. The van der Waals surface area contributed by atoms with Crippen LogP contribution in [0.2, 0.25) is 0 Å². The van der Waals surface area contributed by atoms with Crippen LogP contribution in [0.3, 0.4) is 0 Å². The number of carbonyl (C=O) groups excluding carboxylic acids is 1. The monoisotopic (exact) mass is 433 g/mol. The van der Waals surface area contributed by atoms with Gasteiger partial charge in [0.05, 0.1) is 22.9 Å². The number of nitrogens with one attached hydrogen (secondary N) is 1. The third-order valence-corrected chi connectivity index (χ3v) is 6.26. The molecule has 2 aromatic heterocycles. The van der Waals surface area contributed by atoms with Gasteiger partial charge in [0.2, 0.25) is 0 Å². The summed E-state index contributed by atoms with van der Waals surface area (Å²) in [6, 6.07) is 9.95. The molecule has 1 N–H and O–H groups in total. The molecule has 0 bridgehead atoms. The largest absolute Gasteiger partial charge is 0.328 e. The molecular formula is C24H24FN5O2. The SMILES string of the molecule is O=C(c1cccnc1)N1CCC[C@@H]1c1nc2c(c(=O)[nH]1)CN(Cc1ccccc1F)CC2. The highest BCUT2D eigenvalue weighted by molar-refractivity contribution is 5.94. The van der Waals surface area contributed by atoms with Crippen molar-refractivity contribution >= 4 is 5.91 Å². The van der Waals surface area contributed by atoms with E-state index in [9.17, 15) is 14.0 Å². The summed E-state index contributed by atoms with van der Waals surface area (Å²) in [5.41, 5.74) is 2.37. The van der Waals surface area contributed by atoms with Crippen molar-refractivity contribution in [2.45, 2.75) is 38.4 Å². The van der Waals surface area contributed by atoms with Gasteiger partial charge < -0.3 is 9.88 Å². The van der Waals surface area contributed by atoms with Crippen molar-refractivity contribution in [3.8, 4) is 0 Å². The van der Waals surface area contributed by atoms with Gasteiger partial charge in [0.15, 0.2) is 0 Å². The minimum Gasteiger partial charge on any atom is -0.328 e. The maximum Gasteiger partial charge on any atom is 0.256 e. The second-order valence-corrected chi connectivity index (χ2v) is 8.33. The quantitative estimate of drug-likeness (QED) is 0.684. The van der Waals surface area contributed by atoms with E-state index in [1.165, 1.54) is 6.07 Å². The van der Waals surface area contributed by atoms with Gasteiger partial charge in [0.1, 0.15) is 11.6 Å². The number of amides is 1. The number of H-pyrrole nitrogens is 1. The smallest absolute Gasteiger partial charge is 0.256 e. The Morgan fingerprint density at radius 1 is 1.19 bits per heavy atom. The van der Waals surface area contributed by atoms with Crippen molar-refractivity contribution in [2.24, 2.45) is 0 Å². The summed E-state index contributed by atoms with van der Waals surface area (Å²) in [6.07, 6.45) is 5.42. The van der Waals surface area contributed by atoms with Crippen LogP contribution in [-0.2, 0) is 19.5 Å². The van der Waals surface area contributed by atoms with Gasteiger partial charge in [-0.2, -0.15) is 0 Å². The number of rotatable bonds is 4. The van der Waals surface area contributed by atoms with E-state index in [0.717, 1.165) is 18.5 Å². The lowest BCUT2D eigenvalue weighted by molar-refractivity contribution is 0.0728. The molecule has 8 heteroatoms. The summed E-state index contributed by atoms with van der Waals surface area (Å²) in [5, 5.41) is 0. The van der Waals surface area contributed by atoms with Gasteiger partial charge in [0, 0.05) is 50.6 Å². The normalized spacial score (nSPS) is 18.5. The van der Waals surface area contributed by atoms with Crippen molar-refractivity contribution in [3.63, 3.8) is 0 Å². The summed E-state index contributed by atoms with van der Waals surface area (Å²) >= 11 is 0. The number of nitrogens with zero attached hydrogens (tertiary/aromatic N) is 4. The Hall–Kier alpha value is -3.39. The zero-order chi connectivity index (χ0) is 22.1. The highest BCUT2D eigenvalue weighted by Gasteiger charge is 2.33. The number of fused-ring (bicyclic) bond motifs is 1. The maximum atomic E-state index is 14.0. The van der Waals surface area contributed by atoms with Crippen LogP contribution in [0, 0.1) is 5.82 Å². The van der Waals surface area contributed by atoms with Crippen molar-refractivity contribution in [3.05, 3.63) is 93.2 Å². The van der Waals surface area contributed by atoms with E-state index < -0.39 is 0 Å². The molecule has 5 rings (SSSR count). The summed E-state index contributed by atoms with van der Waals surface area (Å²) < 4.78 is 14.0. The van der Waals surface area contributed by atoms with E-state index in [4.69, 9.17) is 4.98 Å². The first-order valence-corrected chi connectivity index (χ1v) is 10.9. The number of aromatic amines is 1. The van der Waals surface area contributed by atoms with E-state index in [0.29, 0.717) is 55.1 Å². The molecule has 1 amide bonds. The zero-order valence-corrected chi connectivity index (χ0v) is 17.6. The first kappa shape index (κ1) is 20.5. The van der Waals surface area contributed by atoms with E-state index >= 15 is 0 Å². The number of carbonyl (C=O) groups is 1. The van der Waals surface area contributed by atoms with Crippen LogP contribution in [0.25, 0.3) is 0 Å². The van der Waals surface area contributed by atoms with Crippen molar-refractivity contribution in [1.82, 2.24) is 24.8 Å². The Morgan fingerprint density at radius 2 is 2.06 bits per heavy atom. The maximum absolute atomic E-state index is 14.0. The molecule has 0 spiro atoms. The van der Waals surface area contributed by atoms with E-state index in [1.54, 1.807) is 41.6 Å². The van der Waals surface area contributed by atoms with Gasteiger partial charge in [-0.1, -0.05) is 18.2 Å². The van der Waals surface area contributed by atoms with E-state index in [2.05, 4.69) is 14.9 Å². The Kier molecular flexibility index (Phi) is 5.53. The lowest BCUT2D eigenvalue weighted by Gasteiger charge is -2.29. The van der Waals surface area contributed by atoms with Crippen LogP contribution in [0.5, 0.6) is 0 Å². The van der Waals surface area contributed by atoms with Gasteiger partial charge in [-0.3, -0.25) is 19.5 Å². The Morgan fingerprint density at radius 3 is 2.88 bits per heavy atom. The molecule has 1 aromatic carbocycles. The zero-order valence-electron chi connectivity index (χ0n) is 17.6. The molecule has 2 aliphatic rings. The molecule has 2 aliphatic heterocycles. The third-order valence-electron chi connectivity index (χ3n) is 6.26. The molecule has 1 saturated heterocycles. The molecule has 32 heavy (non-hydrogen) atoms. The molecule has 164 valence electrons. The fourth-order valence-electron chi connectivity index (χ4n) is 4.61. The predicted octanol–water partition coefficient (Wildman–Crippen LogP) is 2.84. The molecule has 0 radical (unpaired) electrons. The average molecular weight is 433 g/mol. The molecule has 0 unspecified atom stereocenters. The second kappa shape index (κ2) is 8.63. The number of aromatic nitrogens is 3. The van der Waals surface area contributed by atoms with Crippen molar-refractivity contribution < 1.29 is 9.18 Å². The lowest BCUT2D eigenvalue weighted by atomic mass is 10.0. The molecular weight excluding hydrogens is 409 g/mol. The number of pyridine rings is 1. The average Bonchev–Trinajstić information content (AvgIpc) is 3.31. The van der Waals surface area contributed by atoms with E-state index in [1.807, 2.05) is 6.07 Å². The Labute approximate surface area is 184 Å². The summed E-state index contributed by atoms with van der Waals surface area (Å²) in [4.78, 5) is 41.5. The molecule has 1 fully saturated rings. The fourth-order valence-corrected chi connectivity index (χ4v) is 4.61. The summed E-state index contributed by atoms with van der Waals surface area (Å²) in [7, 11) is 0. The molecule has 7 nitrogen and oxygen atoms in total. The fraction of sp³-hybridized carbons (Fsp3) is 0.333. The van der Waals surface area contributed by atoms with Gasteiger partial charge in [-0.15, -0.1) is 0 Å².